The maximum atomic E-state index is 12.4. The van der Waals surface area contributed by atoms with Gasteiger partial charge in [-0.25, -0.2) is 8.42 Å². The van der Waals surface area contributed by atoms with Crippen molar-refractivity contribution in [3.05, 3.63) is 58.9 Å². The van der Waals surface area contributed by atoms with Gasteiger partial charge in [0.15, 0.2) is 15.5 Å². The summed E-state index contributed by atoms with van der Waals surface area (Å²) < 4.78 is 23.3. The number of amides is 1. The molecule has 144 valence electrons. The number of halogens is 1. The molecule has 1 amide bonds. The number of hydrogen-bond donors (Lipinski definition) is 5. The summed E-state index contributed by atoms with van der Waals surface area (Å²) in [4.78, 5) is 12.4. The van der Waals surface area contributed by atoms with E-state index < -0.39 is 15.7 Å². The average molecular weight is 412 g/mol. The van der Waals surface area contributed by atoms with Gasteiger partial charge in [-0.2, -0.15) is 0 Å². The van der Waals surface area contributed by atoms with Crippen molar-refractivity contribution in [2.45, 2.75) is 11.8 Å². The molecule has 2 aromatic carbocycles. The number of aliphatic hydroxyl groups is 1. The van der Waals surface area contributed by atoms with Crippen molar-refractivity contribution in [3.8, 4) is 5.75 Å². The third kappa shape index (κ3) is 5.28. The number of carbonyl (C=O) groups excluding carboxylic acids is 1. The van der Waals surface area contributed by atoms with Crippen molar-refractivity contribution in [1.29, 1.82) is 0 Å². The van der Waals surface area contributed by atoms with Crippen LogP contribution in [0.3, 0.4) is 0 Å². The Balaban J connectivity index is 2.20. The molecule has 0 aromatic heterocycles. The summed E-state index contributed by atoms with van der Waals surface area (Å²) in [5, 5.41) is 22.5. The molecule has 0 aliphatic rings. The van der Waals surface area contributed by atoms with Crippen LogP contribution in [0.1, 0.15) is 6.92 Å². The van der Waals surface area contributed by atoms with Crippen LogP contribution in [0.5, 0.6) is 5.75 Å². The predicted octanol–water partition coefficient (Wildman–Crippen LogP) is 2.79. The van der Waals surface area contributed by atoms with Gasteiger partial charge in [-0.1, -0.05) is 23.7 Å². The molecular formula is C17H18ClN3O5S. The van der Waals surface area contributed by atoms with Crippen LogP contribution >= 0.6 is 11.6 Å². The molecule has 0 saturated carbocycles. The molecule has 0 aliphatic heterocycles. The lowest BCUT2D eigenvalue weighted by Crippen LogP contribution is -2.31. The Morgan fingerprint density at radius 3 is 2.37 bits per heavy atom. The second kappa shape index (κ2) is 8.19. The number of allylic oxidation sites excluding steroid dienone is 1. The second-order valence-electron chi connectivity index (χ2n) is 5.60. The lowest BCUT2D eigenvalue weighted by molar-refractivity contribution is -0.113. The Morgan fingerprint density at radius 2 is 1.78 bits per heavy atom. The van der Waals surface area contributed by atoms with E-state index >= 15 is 0 Å². The highest BCUT2D eigenvalue weighted by molar-refractivity contribution is 7.90. The molecule has 0 unspecified atom stereocenters. The molecule has 0 atom stereocenters. The van der Waals surface area contributed by atoms with Gasteiger partial charge in [-0.3, -0.25) is 15.6 Å². The van der Waals surface area contributed by atoms with Gasteiger partial charge in [-0.15, -0.1) is 0 Å². The quantitative estimate of drug-likeness (QED) is 0.214. The molecule has 2 rings (SSSR count). The van der Waals surface area contributed by atoms with E-state index in [9.17, 15) is 23.4 Å². The summed E-state index contributed by atoms with van der Waals surface area (Å²) in [5.41, 5.74) is 5.07. The molecule has 0 aliphatic carbocycles. The number of nitrogens with one attached hydrogen (secondary N) is 3. The van der Waals surface area contributed by atoms with Crippen molar-refractivity contribution in [1.82, 2.24) is 5.43 Å². The lowest BCUT2D eigenvalue weighted by atomic mass is 10.3. The van der Waals surface area contributed by atoms with Crippen LogP contribution in [-0.2, 0) is 14.6 Å². The summed E-state index contributed by atoms with van der Waals surface area (Å²) in [6.07, 6.45) is 1.02. The molecule has 8 nitrogen and oxygen atoms in total. The number of anilines is 2. The Hall–Kier alpha value is -2.91. The van der Waals surface area contributed by atoms with Crippen LogP contribution in [0.4, 0.5) is 11.4 Å². The van der Waals surface area contributed by atoms with Crippen molar-refractivity contribution in [3.63, 3.8) is 0 Å². The Bertz CT molecular complexity index is 1000. The third-order valence-corrected chi connectivity index (χ3v) is 4.87. The van der Waals surface area contributed by atoms with Gasteiger partial charge in [-0.05, 0) is 37.3 Å². The number of hydrazine groups is 1. The molecule has 0 spiro atoms. The first kappa shape index (κ1) is 20.4. The second-order valence-corrected chi connectivity index (χ2v) is 8.02. The van der Waals surface area contributed by atoms with Gasteiger partial charge < -0.3 is 15.5 Å². The number of carbonyl (C=O) groups is 1. The molecule has 27 heavy (non-hydrogen) atoms. The molecule has 5 N–H and O–H groups in total. The highest BCUT2D eigenvalue weighted by Gasteiger charge is 2.16. The Kier molecular flexibility index (Phi) is 6.19. The van der Waals surface area contributed by atoms with Gasteiger partial charge in [0, 0.05) is 6.26 Å². The number of phenols is 1. The van der Waals surface area contributed by atoms with Gasteiger partial charge in [0.25, 0.3) is 5.91 Å². The fourth-order valence-corrected chi connectivity index (χ4v) is 2.86. The zero-order valence-corrected chi connectivity index (χ0v) is 16.0. The normalized spacial score (nSPS) is 12.1. The molecule has 0 fully saturated rings. The van der Waals surface area contributed by atoms with Gasteiger partial charge >= 0.3 is 0 Å². The van der Waals surface area contributed by atoms with Crippen molar-refractivity contribution < 1.29 is 23.4 Å². The number of aromatic hydroxyl groups is 1. The molecular weight excluding hydrogens is 394 g/mol. The number of sulfone groups is 1. The monoisotopic (exact) mass is 411 g/mol. The van der Waals surface area contributed by atoms with Gasteiger partial charge in [0.05, 0.1) is 21.3 Å². The SMILES string of the molecule is C/C(O)=C(/NNc1cc(S(C)(=O)=O)ccc1O)C(=O)Nc1ccccc1Cl. The highest BCUT2D eigenvalue weighted by Crippen LogP contribution is 2.26. The fourth-order valence-electron chi connectivity index (χ4n) is 2.03. The number of phenolic OH excluding ortho intramolecular Hbond substituents is 1. The van der Waals surface area contributed by atoms with Crippen LogP contribution < -0.4 is 16.2 Å². The van der Waals surface area contributed by atoms with E-state index in [0.717, 1.165) is 6.26 Å². The smallest absolute Gasteiger partial charge is 0.277 e. The molecule has 0 saturated heterocycles. The summed E-state index contributed by atoms with van der Waals surface area (Å²) in [6, 6.07) is 10.2. The first-order chi connectivity index (χ1) is 12.6. The van der Waals surface area contributed by atoms with Crippen molar-refractivity contribution >= 4 is 38.7 Å². The molecule has 0 radical (unpaired) electrons. The lowest BCUT2D eigenvalue weighted by Gasteiger charge is -2.16. The number of hydrogen-bond acceptors (Lipinski definition) is 7. The number of benzene rings is 2. The summed E-state index contributed by atoms with van der Waals surface area (Å²) in [7, 11) is -3.49. The van der Waals surface area contributed by atoms with E-state index in [4.69, 9.17) is 11.6 Å². The van der Waals surface area contributed by atoms with E-state index in [1.165, 1.54) is 25.1 Å². The van der Waals surface area contributed by atoms with Crippen LogP contribution in [0.15, 0.2) is 58.8 Å². The summed E-state index contributed by atoms with van der Waals surface area (Å²) in [6.45, 7) is 1.28. The van der Waals surface area contributed by atoms with Gasteiger partial charge in [0.1, 0.15) is 11.5 Å². The minimum atomic E-state index is -3.49. The first-order valence-electron chi connectivity index (χ1n) is 7.60. The molecule has 0 bridgehead atoms. The van der Waals surface area contributed by atoms with E-state index in [2.05, 4.69) is 16.2 Å². The highest BCUT2D eigenvalue weighted by atomic mass is 35.5. The number of para-hydroxylation sites is 1. The van der Waals surface area contributed by atoms with Crippen LogP contribution in [-0.4, -0.2) is 30.8 Å². The minimum Gasteiger partial charge on any atom is -0.510 e. The predicted molar refractivity (Wildman–Crippen MR) is 103 cm³/mol. The standard InChI is InChI=1S/C17H18ClN3O5S/c1-10(22)16(17(24)19-13-6-4-3-5-12(13)18)21-20-14-9-11(27(2,25)26)7-8-15(14)23/h3-9,20-23H,1-2H3,(H,19,24)/b16-10-. The first-order valence-corrected chi connectivity index (χ1v) is 9.87. The maximum Gasteiger partial charge on any atom is 0.277 e. The van der Waals surface area contributed by atoms with Crippen LogP contribution in [0.2, 0.25) is 5.02 Å². The minimum absolute atomic E-state index is 0.00205. The largest absolute Gasteiger partial charge is 0.510 e. The van der Waals surface area contributed by atoms with Crippen molar-refractivity contribution in [2.75, 3.05) is 17.0 Å². The number of rotatable bonds is 6. The summed E-state index contributed by atoms with van der Waals surface area (Å²) >= 11 is 5.99. The zero-order valence-electron chi connectivity index (χ0n) is 14.4. The van der Waals surface area contributed by atoms with Crippen molar-refractivity contribution in [2.24, 2.45) is 0 Å². The van der Waals surface area contributed by atoms with E-state index in [0.29, 0.717) is 10.7 Å². The molecule has 10 heteroatoms. The average Bonchev–Trinajstić information content (AvgIpc) is 2.57. The van der Waals surface area contributed by atoms with E-state index in [-0.39, 0.29) is 27.8 Å². The Labute approximate surface area is 161 Å². The zero-order chi connectivity index (χ0) is 20.2. The summed E-state index contributed by atoms with van der Waals surface area (Å²) in [5.74, 6) is -1.29. The molecule has 2 aromatic rings. The number of aliphatic hydroxyl groups excluding tert-OH is 1. The van der Waals surface area contributed by atoms with E-state index in [1.807, 2.05) is 0 Å². The van der Waals surface area contributed by atoms with Crippen LogP contribution in [0.25, 0.3) is 0 Å². The maximum absolute atomic E-state index is 12.4. The van der Waals surface area contributed by atoms with Gasteiger partial charge in [0.2, 0.25) is 0 Å². The Morgan fingerprint density at radius 1 is 1.11 bits per heavy atom. The fraction of sp³-hybridized carbons (Fsp3) is 0.118. The topological polar surface area (TPSA) is 128 Å². The van der Waals surface area contributed by atoms with Crippen LogP contribution in [0, 0.1) is 0 Å². The molecule has 0 heterocycles. The van der Waals surface area contributed by atoms with E-state index in [1.54, 1.807) is 24.3 Å². The third-order valence-electron chi connectivity index (χ3n) is 3.43.